The van der Waals surface area contributed by atoms with Crippen LogP contribution in [0.2, 0.25) is 0 Å². The molecule has 1 aliphatic heterocycles. The molecule has 22 heavy (non-hydrogen) atoms. The van der Waals surface area contributed by atoms with E-state index in [1.54, 1.807) is 0 Å². The average molecular weight is 325 g/mol. The number of piperazine rings is 1. The van der Waals surface area contributed by atoms with E-state index < -0.39 is 10.0 Å². The summed E-state index contributed by atoms with van der Waals surface area (Å²) < 4.78 is 25.6. The van der Waals surface area contributed by atoms with Gasteiger partial charge in [-0.25, -0.2) is 13.1 Å². The second kappa shape index (κ2) is 8.50. The molecule has 1 aliphatic rings. The third-order valence-corrected chi connectivity index (χ3v) is 5.55. The average Bonchev–Trinajstić information content (AvgIpc) is 2.53. The van der Waals surface area contributed by atoms with E-state index in [2.05, 4.69) is 38.8 Å². The summed E-state index contributed by atoms with van der Waals surface area (Å²) in [5.74, 6) is 0.241. The molecule has 0 unspecified atom stereocenters. The minimum atomic E-state index is -3.06. The zero-order valence-corrected chi connectivity index (χ0v) is 14.2. The molecule has 5 nitrogen and oxygen atoms in total. The van der Waals surface area contributed by atoms with Crippen molar-refractivity contribution < 1.29 is 8.42 Å². The molecule has 0 aromatic heterocycles. The van der Waals surface area contributed by atoms with Gasteiger partial charge in [0.15, 0.2) is 0 Å². The fourth-order valence-corrected chi connectivity index (χ4v) is 3.96. The first-order chi connectivity index (χ1) is 10.6. The molecular weight excluding hydrogens is 298 g/mol. The maximum absolute atomic E-state index is 11.6. The van der Waals surface area contributed by atoms with Gasteiger partial charge >= 0.3 is 0 Å². The van der Waals surface area contributed by atoms with E-state index in [-0.39, 0.29) is 5.75 Å². The van der Waals surface area contributed by atoms with Crippen molar-refractivity contribution in [3.8, 4) is 0 Å². The molecule has 0 atom stereocenters. The van der Waals surface area contributed by atoms with Crippen molar-refractivity contribution >= 4 is 15.7 Å². The van der Waals surface area contributed by atoms with Gasteiger partial charge in [-0.2, -0.15) is 0 Å². The summed E-state index contributed by atoms with van der Waals surface area (Å²) >= 11 is 0. The standard InChI is InChI=1S/C16H27N3O2S/c1-2-17-22(20,21)15-7-6-10-18-11-13-19(14-12-18)16-8-4-3-5-9-16/h3-5,8-9,17H,2,6-7,10-15H2,1H3. The molecule has 124 valence electrons. The second-order valence-corrected chi connectivity index (χ2v) is 7.61. The first-order valence-electron chi connectivity index (χ1n) is 8.10. The Morgan fingerprint density at radius 2 is 1.73 bits per heavy atom. The third kappa shape index (κ3) is 5.59. The molecule has 1 heterocycles. The van der Waals surface area contributed by atoms with Crippen LogP contribution in [0.15, 0.2) is 30.3 Å². The molecule has 2 rings (SSSR count). The van der Waals surface area contributed by atoms with E-state index in [0.717, 1.165) is 45.6 Å². The van der Waals surface area contributed by atoms with Crippen LogP contribution in [-0.4, -0.2) is 58.3 Å². The van der Waals surface area contributed by atoms with Crippen molar-refractivity contribution in [1.82, 2.24) is 9.62 Å². The van der Waals surface area contributed by atoms with Gasteiger partial charge in [0.05, 0.1) is 5.75 Å². The normalized spacial score (nSPS) is 16.9. The Morgan fingerprint density at radius 3 is 2.36 bits per heavy atom. The van der Waals surface area contributed by atoms with E-state index in [9.17, 15) is 8.42 Å². The van der Waals surface area contributed by atoms with E-state index in [1.165, 1.54) is 5.69 Å². The third-order valence-electron chi connectivity index (χ3n) is 4.00. The Morgan fingerprint density at radius 1 is 1.05 bits per heavy atom. The van der Waals surface area contributed by atoms with Crippen molar-refractivity contribution in [3.63, 3.8) is 0 Å². The number of benzene rings is 1. The molecule has 0 amide bonds. The lowest BCUT2D eigenvalue weighted by Gasteiger charge is -2.36. The van der Waals surface area contributed by atoms with Crippen LogP contribution >= 0.6 is 0 Å². The molecule has 0 radical (unpaired) electrons. The van der Waals surface area contributed by atoms with Crippen LogP contribution in [-0.2, 0) is 10.0 Å². The summed E-state index contributed by atoms with van der Waals surface area (Å²) in [4.78, 5) is 4.84. The Labute approximate surface area is 134 Å². The highest BCUT2D eigenvalue weighted by Gasteiger charge is 2.16. The monoisotopic (exact) mass is 325 g/mol. The lowest BCUT2D eigenvalue weighted by molar-refractivity contribution is 0.254. The summed E-state index contributed by atoms with van der Waals surface area (Å²) in [5.41, 5.74) is 1.29. The SMILES string of the molecule is CCNS(=O)(=O)CCCCN1CCN(c2ccccc2)CC1. The van der Waals surface area contributed by atoms with Crippen LogP contribution in [0.25, 0.3) is 0 Å². The van der Waals surface area contributed by atoms with Crippen molar-refractivity contribution in [2.45, 2.75) is 19.8 Å². The lowest BCUT2D eigenvalue weighted by Crippen LogP contribution is -2.46. The lowest BCUT2D eigenvalue weighted by atomic mass is 10.2. The molecule has 0 spiro atoms. The zero-order chi connectivity index (χ0) is 15.8. The van der Waals surface area contributed by atoms with Gasteiger partial charge in [-0.1, -0.05) is 25.1 Å². The fourth-order valence-electron chi connectivity index (χ4n) is 2.79. The number of hydrogen-bond acceptors (Lipinski definition) is 4. The molecule has 0 aliphatic carbocycles. The van der Waals surface area contributed by atoms with Gasteiger partial charge in [-0.05, 0) is 31.5 Å². The number of nitrogens with one attached hydrogen (secondary N) is 1. The first kappa shape index (κ1) is 17.2. The topological polar surface area (TPSA) is 52.7 Å². The number of rotatable bonds is 8. The molecule has 0 saturated carbocycles. The molecule has 1 aromatic carbocycles. The minimum absolute atomic E-state index is 0.241. The number of para-hydroxylation sites is 1. The van der Waals surface area contributed by atoms with Crippen LogP contribution in [0.5, 0.6) is 0 Å². The fraction of sp³-hybridized carbons (Fsp3) is 0.625. The number of unbranched alkanes of at least 4 members (excludes halogenated alkanes) is 1. The summed E-state index contributed by atoms with van der Waals surface area (Å²) in [7, 11) is -3.06. The maximum Gasteiger partial charge on any atom is 0.211 e. The predicted octanol–water partition coefficient (Wildman–Crippen LogP) is 1.53. The maximum atomic E-state index is 11.6. The van der Waals surface area contributed by atoms with E-state index >= 15 is 0 Å². The number of nitrogens with zero attached hydrogens (tertiary/aromatic N) is 2. The van der Waals surface area contributed by atoms with Gasteiger partial charge in [0.25, 0.3) is 0 Å². The quantitative estimate of drug-likeness (QED) is 0.737. The summed E-state index contributed by atoms with van der Waals surface area (Å²) in [6.07, 6.45) is 1.67. The Bertz CT molecular complexity index is 526. The van der Waals surface area contributed by atoms with Crippen molar-refractivity contribution in [1.29, 1.82) is 0 Å². The number of hydrogen-bond donors (Lipinski definition) is 1. The molecule has 1 fully saturated rings. The zero-order valence-electron chi connectivity index (χ0n) is 13.4. The molecule has 1 saturated heterocycles. The largest absolute Gasteiger partial charge is 0.369 e. The first-order valence-corrected chi connectivity index (χ1v) is 9.75. The van der Waals surface area contributed by atoms with Crippen LogP contribution in [0, 0.1) is 0 Å². The van der Waals surface area contributed by atoms with E-state index in [1.807, 2.05) is 13.0 Å². The van der Waals surface area contributed by atoms with Gasteiger partial charge in [-0.15, -0.1) is 0 Å². The van der Waals surface area contributed by atoms with Gasteiger partial charge in [-0.3, -0.25) is 4.90 Å². The van der Waals surface area contributed by atoms with Crippen LogP contribution < -0.4 is 9.62 Å². The molecule has 1 aromatic rings. The van der Waals surface area contributed by atoms with Gasteiger partial charge in [0, 0.05) is 38.4 Å². The summed E-state index contributed by atoms with van der Waals surface area (Å²) in [5, 5.41) is 0. The number of sulfonamides is 1. The Hall–Kier alpha value is -1.11. The van der Waals surface area contributed by atoms with Gasteiger partial charge in [0.1, 0.15) is 0 Å². The summed E-state index contributed by atoms with van der Waals surface area (Å²) in [6, 6.07) is 10.5. The predicted molar refractivity (Wildman–Crippen MR) is 91.8 cm³/mol. The van der Waals surface area contributed by atoms with E-state index in [0.29, 0.717) is 6.54 Å². The minimum Gasteiger partial charge on any atom is -0.369 e. The molecule has 1 N–H and O–H groups in total. The van der Waals surface area contributed by atoms with Crippen molar-refractivity contribution in [2.75, 3.05) is 49.9 Å². The van der Waals surface area contributed by atoms with Crippen LogP contribution in [0.3, 0.4) is 0 Å². The molecule has 6 heteroatoms. The Balaban J connectivity index is 1.64. The van der Waals surface area contributed by atoms with Gasteiger partial charge in [0.2, 0.25) is 10.0 Å². The van der Waals surface area contributed by atoms with Crippen LogP contribution in [0.4, 0.5) is 5.69 Å². The second-order valence-electron chi connectivity index (χ2n) is 5.69. The number of anilines is 1. The highest BCUT2D eigenvalue weighted by Crippen LogP contribution is 2.15. The smallest absolute Gasteiger partial charge is 0.211 e. The highest BCUT2D eigenvalue weighted by atomic mass is 32.2. The van der Waals surface area contributed by atoms with E-state index in [4.69, 9.17) is 0 Å². The van der Waals surface area contributed by atoms with Gasteiger partial charge < -0.3 is 4.90 Å². The van der Waals surface area contributed by atoms with Crippen LogP contribution in [0.1, 0.15) is 19.8 Å². The highest BCUT2D eigenvalue weighted by molar-refractivity contribution is 7.89. The molecular formula is C16H27N3O2S. The summed E-state index contributed by atoms with van der Waals surface area (Å²) in [6.45, 7) is 7.46. The molecule has 0 bridgehead atoms. The van der Waals surface area contributed by atoms with Crippen molar-refractivity contribution in [2.24, 2.45) is 0 Å². The Kier molecular flexibility index (Phi) is 6.67. The van der Waals surface area contributed by atoms with Crippen molar-refractivity contribution in [3.05, 3.63) is 30.3 Å².